The molecule has 0 aliphatic heterocycles. The second kappa shape index (κ2) is 10.7. The molecular formula is C23H21ClF2N2O4S. The number of ether oxygens (including phenoxy) is 1. The summed E-state index contributed by atoms with van der Waals surface area (Å²) in [5, 5.41) is 2.23. The van der Waals surface area contributed by atoms with Gasteiger partial charge < -0.3 is 10.1 Å². The van der Waals surface area contributed by atoms with Gasteiger partial charge in [-0.2, -0.15) is 4.72 Å². The number of hydrogen-bond acceptors (Lipinski definition) is 4. The Morgan fingerprint density at radius 1 is 1.03 bits per heavy atom. The third-order valence-electron chi connectivity index (χ3n) is 4.62. The molecule has 0 saturated heterocycles. The first kappa shape index (κ1) is 24.6. The van der Waals surface area contributed by atoms with Crippen LogP contribution in [0.15, 0.2) is 71.6 Å². The molecule has 3 rings (SSSR count). The fraction of sp³-hybridized carbons (Fsp3) is 0.174. The number of benzene rings is 3. The molecule has 1 amide bonds. The van der Waals surface area contributed by atoms with Crippen LogP contribution in [0, 0.1) is 11.6 Å². The van der Waals surface area contributed by atoms with E-state index in [1.807, 2.05) is 0 Å². The highest BCUT2D eigenvalue weighted by molar-refractivity contribution is 7.89. The van der Waals surface area contributed by atoms with Gasteiger partial charge in [-0.15, -0.1) is 0 Å². The zero-order valence-corrected chi connectivity index (χ0v) is 19.1. The van der Waals surface area contributed by atoms with E-state index in [1.54, 1.807) is 37.3 Å². The van der Waals surface area contributed by atoms with Gasteiger partial charge in [0.05, 0.1) is 16.5 Å². The number of anilines is 1. The molecule has 0 aromatic heterocycles. The molecule has 10 heteroatoms. The second-order valence-electron chi connectivity index (χ2n) is 6.97. The molecule has 0 fully saturated rings. The van der Waals surface area contributed by atoms with Crippen molar-refractivity contribution >= 4 is 33.2 Å². The first-order valence-corrected chi connectivity index (χ1v) is 11.8. The van der Waals surface area contributed by atoms with E-state index in [4.69, 9.17) is 16.3 Å². The molecule has 0 heterocycles. The number of nitrogens with one attached hydrogen (secondary N) is 2. The summed E-state index contributed by atoms with van der Waals surface area (Å²) >= 11 is 6.11. The van der Waals surface area contributed by atoms with Gasteiger partial charge >= 0.3 is 0 Å². The number of rotatable bonds is 9. The number of carbonyl (C=O) groups is 1. The minimum Gasteiger partial charge on any atom is -0.492 e. The molecule has 0 aliphatic carbocycles. The van der Waals surface area contributed by atoms with Crippen molar-refractivity contribution in [2.45, 2.75) is 24.3 Å². The van der Waals surface area contributed by atoms with Gasteiger partial charge in [0.15, 0.2) is 0 Å². The van der Waals surface area contributed by atoms with Crippen LogP contribution >= 0.6 is 11.6 Å². The van der Waals surface area contributed by atoms with E-state index < -0.39 is 39.3 Å². The lowest BCUT2D eigenvalue weighted by atomic mass is 10.1. The van der Waals surface area contributed by atoms with E-state index in [1.165, 1.54) is 18.2 Å². The van der Waals surface area contributed by atoms with Crippen LogP contribution in [0.3, 0.4) is 0 Å². The van der Waals surface area contributed by atoms with Crippen molar-refractivity contribution in [1.29, 1.82) is 0 Å². The first-order valence-electron chi connectivity index (χ1n) is 9.94. The molecule has 0 saturated carbocycles. The summed E-state index contributed by atoms with van der Waals surface area (Å²) in [7, 11) is -4.23. The summed E-state index contributed by atoms with van der Waals surface area (Å²) in [6, 6.07) is 14.2. The van der Waals surface area contributed by atoms with E-state index in [-0.39, 0.29) is 16.3 Å². The minimum atomic E-state index is -4.23. The van der Waals surface area contributed by atoms with Crippen LogP contribution in [0.2, 0.25) is 5.02 Å². The van der Waals surface area contributed by atoms with Crippen LogP contribution in [-0.4, -0.2) is 27.0 Å². The Labute approximate surface area is 195 Å². The maximum atomic E-state index is 14.0. The second-order valence-corrected chi connectivity index (χ2v) is 9.10. The van der Waals surface area contributed by atoms with E-state index in [9.17, 15) is 22.0 Å². The van der Waals surface area contributed by atoms with Crippen molar-refractivity contribution in [1.82, 2.24) is 4.72 Å². The molecule has 174 valence electrons. The van der Waals surface area contributed by atoms with Crippen LogP contribution in [0.1, 0.15) is 12.5 Å². The largest absolute Gasteiger partial charge is 0.492 e. The number of sulfonamides is 1. The Hall–Kier alpha value is -3.01. The normalized spacial score (nSPS) is 12.2. The molecule has 0 bridgehead atoms. The maximum absolute atomic E-state index is 14.0. The predicted octanol–water partition coefficient (Wildman–Crippen LogP) is 4.55. The van der Waals surface area contributed by atoms with Gasteiger partial charge in [0.25, 0.3) is 0 Å². The van der Waals surface area contributed by atoms with Crippen LogP contribution in [0.4, 0.5) is 14.5 Å². The monoisotopic (exact) mass is 494 g/mol. The Balaban J connectivity index is 1.90. The molecule has 0 radical (unpaired) electrons. The van der Waals surface area contributed by atoms with E-state index in [0.29, 0.717) is 17.9 Å². The average Bonchev–Trinajstić information content (AvgIpc) is 2.78. The van der Waals surface area contributed by atoms with E-state index >= 15 is 0 Å². The Morgan fingerprint density at radius 2 is 1.70 bits per heavy atom. The third-order valence-corrected chi connectivity index (χ3v) is 6.39. The van der Waals surface area contributed by atoms with E-state index in [2.05, 4.69) is 10.0 Å². The van der Waals surface area contributed by atoms with E-state index in [0.717, 1.165) is 18.2 Å². The molecule has 0 spiro atoms. The highest BCUT2D eigenvalue weighted by Crippen LogP contribution is 2.27. The summed E-state index contributed by atoms with van der Waals surface area (Å²) in [6.07, 6.45) is -0.0628. The van der Waals surface area contributed by atoms with Gasteiger partial charge in [0.1, 0.15) is 29.1 Å². The molecular weight excluding hydrogens is 474 g/mol. The number of carbonyl (C=O) groups excluding carboxylic acids is 1. The van der Waals surface area contributed by atoms with Crippen molar-refractivity contribution in [2.24, 2.45) is 0 Å². The molecule has 0 aliphatic rings. The fourth-order valence-corrected chi connectivity index (χ4v) is 4.56. The minimum absolute atomic E-state index is 0.0628. The van der Waals surface area contributed by atoms with Gasteiger partial charge in [-0.25, -0.2) is 17.2 Å². The zero-order chi connectivity index (χ0) is 24.0. The van der Waals surface area contributed by atoms with Crippen LogP contribution < -0.4 is 14.8 Å². The molecule has 2 N–H and O–H groups in total. The lowest BCUT2D eigenvalue weighted by Crippen LogP contribution is -2.45. The summed E-state index contributed by atoms with van der Waals surface area (Å²) in [5.74, 6) is -2.58. The maximum Gasteiger partial charge on any atom is 0.243 e. The van der Waals surface area contributed by atoms with Crippen LogP contribution in [0.25, 0.3) is 0 Å². The molecule has 6 nitrogen and oxygen atoms in total. The van der Waals surface area contributed by atoms with Crippen LogP contribution in [0.5, 0.6) is 5.75 Å². The highest BCUT2D eigenvalue weighted by atomic mass is 35.5. The Morgan fingerprint density at radius 3 is 2.30 bits per heavy atom. The van der Waals surface area contributed by atoms with Crippen molar-refractivity contribution in [2.75, 3.05) is 11.9 Å². The Kier molecular flexibility index (Phi) is 8.01. The lowest BCUT2D eigenvalue weighted by molar-refractivity contribution is -0.117. The van der Waals surface area contributed by atoms with Gasteiger partial charge in [-0.05, 0) is 49.2 Å². The summed E-state index contributed by atoms with van der Waals surface area (Å²) in [4.78, 5) is 12.7. The van der Waals surface area contributed by atoms with Gasteiger partial charge in [-0.3, -0.25) is 4.79 Å². The molecule has 1 atom stereocenters. The number of halogens is 3. The van der Waals surface area contributed by atoms with Crippen molar-refractivity contribution in [3.63, 3.8) is 0 Å². The molecule has 3 aromatic rings. The standard InChI is InChI=1S/C23H21ClF2N2O4S/c1-2-32-21-12-11-16(14-17(21)24)33(30,31)28-20(13-15-7-4-3-5-8-15)23(29)27-22-18(25)9-6-10-19(22)26/h3-12,14,20,28H,2,13H2,1H3,(H,27,29)/t20-/m0/s1. The zero-order valence-electron chi connectivity index (χ0n) is 17.5. The quantitative estimate of drug-likeness (QED) is 0.457. The fourth-order valence-electron chi connectivity index (χ4n) is 3.04. The number of hydrogen-bond donors (Lipinski definition) is 2. The number of amides is 1. The predicted molar refractivity (Wildman–Crippen MR) is 122 cm³/mol. The Bertz CT molecular complexity index is 1220. The molecule has 0 unspecified atom stereocenters. The first-order chi connectivity index (χ1) is 15.7. The highest BCUT2D eigenvalue weighted by Gasteiger charge is 2.28. The smallest absolute Gasteiger partial charge is 0.243 e. The topological polar surface area (TPSA) is 84.5 Å². The van der Waals surface area contributed by atoms with Gasteiger partial charge in [0, 0.05) is 0 Å². The SMILES string of the molecule is CCOc1ccc(S(=O)(=O)N[C@@H](Cc2ccccc2)C(=O)Nc2c(F)cccc2F)cc1Cl. The lowest BCUT2D eigenvalue weighted by Gasteiger charge is -2.19. The van der Waals surface area contributed by atoms with Crippen molar-refractivity contribution in [3.8, 4) is 5.75 Å². The van der Waals surface area contributed by atoms with Crippen molar-refractivity contribution < 1.29 is 26.7 Å². The number of para-hydroxylation sites is 1. The van der Waals surface area contributed by atoms with Gasteiger partial charge in [0.2, 0.25) is 15.9 Å². The van der Waals surface area contributed by atoms with Crippen molar-refractivity contribution in [3.05, 3.63) is 89.0 Å². The summed E-state index contributed by atoms with van der Waals surface area (Å²) in [6.45, 7) is 2.10. The van der Waals surface area contributed by atoms with Gasteiger partial charge in [-0.1, -0.05) is 48.0 Å². The van der Waals surface area contributed by atoms with Crippen LogP contribution in [-0.2, 0) is 21.2 Å². The summed E-state index contributed by atoms with van der Waals surface area (Å²) < 4.78 is 61.7. The molecule has 3 aromatic carbocycles. The summed E-state index contributed by atoms with van der Waals surface area (Å²) in [5.41, 5.74) is -0.0250. The molecule has 33 heavy (non-hydrogen) atoms. The third kappa shape index (κ3) is 6.28. The average molecular weight is 495 g/mol.